The number of hydrogen-bond donors (Lipinski definition) is 5. The first kappa shape index (κ1) is 39.1. The molecule has 3 saturated carbocycles. The Kier molecular flexibility index (Phi) is 11.1. The monoisotopic (exact) mass is 707 g/mol. The van der Waals surface area contributed by atoms with Gasteiger partial charge in [0.2, 0.25) is 0 Å². The van der Waals surface area contributed by atoms with E-state index in [1.165, 1.54) is 37.7 Å². The highest BCUT2D eigenvalue weighted by Crippen LogP contribution is 2.75. The minimum atomic E-state index is -1.17. The van der Waals surface area contributed by atoms with E-state index in [1.54, 1.807) is 0 Å². The second kappa shape index (κ2) is 14.2. The molecule has 2 heterocycles. The summed E-state index contributed by atoms with van der Waals surface area (Å²) in [7, 11) is 0. The predicted molar refractivity (Wildman–Crippen MR) is 191 cm³/mol. The van der Waals surface area contributed by atoms with E-state index in [9.17, 15) is 25.5 Å². The van der Waals surface area contributed by atoms with Gasteiger partial charge in [0, 0.05) is 18.3 Å². The van der Waals surface area contributed by atoms with Crippen molar-refractivity contribution in [2.45, 2.75) is 187 Å². The van der Waals surface area contributed by atoms with E-state index in [2.05, 4.69) is 47.6 Å². The standard InChI is InChI=1S/C41H70O9/c1-24(10-9-16-37(2,3)46)27-15-17-41(8)32-13-11-28-29(39(32,6)18-19-40(27,41)7)12-14-33(38(28,4)5)50-36-34(45)30(43)21-26(49-36)23-48-35-31(44)20-25(42)22-47-35/h11,24-27,29-36,42-46H,9-10,12-23H2,1-8H3/t24-,25+,26+,27?,29?,30+,31-,32?,33+,34-,35+,36+,39+,40-,41+/m1/s1. The molecule has 0 aromatic rings. The van der Waals surface area contributed by atoms with Crippen molar-refractivity contribution in [3.63, 3.8) is 0 Å². The van der Waals surface area contributed by atoms with Gasteiger partial charge in [-0.25, -0.2) is 0 Å². The summed E-state index contributed by atoms with van der Waals surface area (Å²) in [4.78, 5) is 0. The fraction of sp³-hybridized carbons (Fsp3) is 0.951. The predicted octanol–water partition coefficient (Wildman–Crippen LogP) is 5.88. The molecule has 4 aliphatic carbocycles. The van der Waals surface area contributed by atoms with Crippen LogP contribution in [0, 0.1) is 45.3 Å². The molecule has 0 amide bonds. The average molecular weight is 707 g/mol. The molecule has 6 rings (SSSR count). The molecule has 0 aromatic heterocycles. The molecule has 50 heavy (non-hydrogen) atoms. The van der Waals surface area contributed by atoms with E-state index >= 15 is 0 Å². The third-order valence-electron chi connectivity index (χ3n) is 15.5. The summed E-state index contributed by atoms with van der Waals surface area (Å²) < 4.78 is 24.1. The van der Waals surface area contributed by atoms with Crippen molar-refractivity contribution in [1.29, 1.82) is 0 Å². The minimum Gasteiger partial charge on any atom is -0.391 e. The molecule has 2 saturated heterocycles. The van der Waals surface area contributed by atoms with Crippen LogP contribution in [0.5, 0.6) is 0 Å². The Morgan fingerprint density at radius 3 is 2.36 bits per heavy atom. The maximum atomic E-state index is 11.0. The molecule has 9 nitrogen and oxygen atoms in total. The van der Waals surface area contributed by atoms with Crippen LogP contribution < -0.4 is 0 Å². The Bertz CT molecular complexity index is 1210. The molecule has 5 N–H and O–H groups in total. The van der Waals surface area contributed by atoms with E-state index in [0.717, 1.165) is 38.0 Å². The summed E-state index contributed by atoms with van der Waals surface area (Å²) in [6.45, 7) is 18.9. The lowest BCUT2D eigenvalue weighted by Gasteiger charge is -2.66. The van der Waals surface area contributed by atoms with Gasteiger partial charge in [0.05, 0.1) is 43.2 Å². The van der Waals surface area contributed by atoms with Gasteiger partial charge in [0.15, 0.2) is 12.6 Å². The molecule has 0 aromatic carbocycles. The number of aliphatic hydroxyl groups is 5. The van der Waals surface area contributed by atoms with Gasteiger partial charge in [-0.3, -0.25) is 0 Å². The van der Waals surface area contributed by atoms with E-state index in [1.807, 2.05) is 13.8 Å². The normalized spacial score (nSPS) is 48.3. The number of ether oxygens (including phenoxy) is 4. The fourth-order valence-electron chi connectivity index (χ4n) is 12.4. The van der Waals surface area contributed by atoms with Gasteiger partial charge < -0.3 is 44.5 Å². The molecule has 5 fully saturated rings. The van der Waals surface area contributed by atoms with Crippen LogP contribution in [0.1, 0.15) is 132 Å². The van der Waals surface area contributed by atoms with E-state index in [0.29, 0.717) is 28.6 Å². The Morgan fingerprint density at radius 1 is 0.920 bits per heavy atom. The molecule has 0 spiro atoms. The molecular weight excluding hydrogens is 636 g/mol. The van der Waals surface area contributed by atoms with Crippen molar-refractivity contribution < 1.29 is 44.5 Å². The van der Waals surface area contributed by atoms with Crippen LogP contribution in [0.4, 0.5) is 0 Å². The summed E-state index contributed by atoms with van der Waals surface area (Å²) in [5, 5.41) is 52.1. The zero-order valence-electron chi connectivity index (χ0n) is 32.3. The lowest BCUT2D eigenvalue weighted by Crippen LogP contribution is -2.60. The summed E-state index contributed by atoms with van der Waals surface area (Å²) in [6.07, 6.45) is 7.78. The highest BCUT2D eigenvalue weighted by Gasteiger charge is 2.67. The number of allylic oxidation sites excluding steroid dienone is 1. The zero-order valence-corrected chi connectivity index (χ0v) is 32.3. The Hall–Kier alpha value is -0.620. The smallest absolute Gasteiger partial charge is 0.186 e. The number of rotatable bonds is 10. The van der Waals surface area contributed by atoms with Crippen LogP contribution in [0.3, 0.4) is 0 Å². The molecule has 3 unspecified atom stereocenters. The molecule has 288 valence electrons. The average Bonchev–Trinajstić information content (AvgIpc) is 3.30. The van der Waals surface area contributed by atoms with Crippen LogP contribution in [-0.4, -0.2) is 93.6 Å². The highest BCUT2D eigenvalue weighted by atomic mass is 16.7. The van der Waals surface area contributed by atoms with Crippen molar-refractivity contribution in [2.75, 3.05) is 13.2 Å². The Balaban J connectivity index is 1.12. The maximum Gasteiger partial charge on any atom is 0.186 e. The molecular formula is C41H70O9. The van der Waals surface area contributed by atoms with Crippen molar-refractivity contribution in [2.24, 2.45) is 45.3 Å². The van der Waals surface area contributed by atoms with Crippen LogP contribution in [-0.2, 0) is 18.9 Å². The maximum absolute atomic E-state index is 11.0. The summed E-state index contributed by atoms with van der Waals surface area (Å²) in [5.41, 5.74) is 1.48. The summed E-state index contributed by atoms with van der Waals surface area (Å²) in [6, 6.07) is 0. The minimum absolute atomic E-state index is 0.0701. The van der Waals surface area contributed by atoms with Gasteiger partial charge in [-0.1, -0.05) is 66.0 Å². The SMILES string of the molecule is C[C@H](CCCC(C)(C)O)C1CC[C@@]2(C)C3CC=C4C(CC[C@H](O[C@@H]5O[C@H](CO[C@@H]6OC[C@@H](O)C[C@H]6O)C[C@H](O)[C@H]5O)C4(C)C)[C@]3(C)CC[C@]12C. The molecule has 0 bridgehead atoms. The van der Waals surface area contributed by atoms with Gasteiger partial charge in [0.1, 0.15) is 12.2 Å². The van der Waals surface area contributed by atoms with Crippen LogP contribution >= 0.6 is 0 Å². The zero-order chi connectivity index (χ0) is 36.4. The van der Waals surface area contributed by atoms with E-state index < -0.39 is 48.7 Å². The molecule has 6 aliphatic rings. The van der Waals surface area contributed by atoms with Gasteiger partial charge in [-0.15, -0.1) is 0 Å². The largest absolute Gasteiger partial charge is 0.391 e. The van der Waals surface area contributed by atoms with Crippen LogP contribution in [0.15, 0.2) is 11.6 Å². The van der Waals surface area contributed by atoms with Gasteiger partial charge in [-0.05, 0) is 105 Å². The third-order valence-corrected chi connectivity index (χ3v) is 15.5. The Morgan fingerprint density at radius 2 is 1.66 bits per heavy atom. The lowest BCUT2D eigenvalue weighted by atomic mass is 9.39. The second-order valence-electron chi connectivity index (χ2n) is 19.5. The second-order valence-corrected chi connectivity index (χ2v) is 19.5. The molecule has 0 radical (unpaired) electrons. The number of hydrogen-bond acceptors (Lipinski definition) is 9. The lowest BCUT2D eigenvalue weighted by molar-refractivity contribution is -0.308. The highest BCUT2D eigenvalue weighted by molar-refractivity contribution is 5.30. The topological polar surface area (TPSA) is 138 Å². The van der Waals surface area contributed by atoms with Gasteiger partial charge in [0.25, 0.3) is 0 Å². The van der Waals surface area contributed by atoms with Crippen molar-refractivity contribution in [3.05, 3.63) is 11.6 Å². The van der Waals surface area contributed by atoms with E-state index in [-0.39, 0.29) is 43.0 Å². The van der Waals surface area contributed by atoms with Crippen molar-refractivity contribution in [3.8, 4) is 0 Å². The molecule has 9 heteroatoms. The van der Waals surface area contributed by atoms with Crippen molar-refractivity contribution in [1.82, 2.24) is 0 Å². The van der Waals surface area contributed by atoms with Crippen LogP contribution in [0.25, 0.3) is 0 Å². The van der Waals surface area contributed by atoms with E-state index in [4.69, 9.17) is 18.9 Å². The Labute approximate surface area is 301 Å². The van der Waals surface area contributed by atoms with Crippen molar-refractivity contribution >= 4 is 0 Å². The summed E-state index contributed by atoms with van der Waals surface area (Å²) >= 11 is 0. The number of fused-ring (bicyclic) bond motifs is 5. The first-order valence-electron chi connectivity index (χ1n) is 20.0. The van der Waals surface area contributed by atoms with Gasteiger partial charge in [-0.2, -0.15) is 0 Å². The number of aliphatic hydroxyl groups excluding tert-OH is 4. The summed E-state index contributed by atoms with van der Waals surface area (Å²) in [5.74, 6) is 2.52. The van der Waals surface area contributed by atoms with Gasteiger partial charge >= 0.3 is 0 Å². The van der Waals surface area contributed by atoms with Crippen LogP contribution in [0.2, 0.25) is 0 Å². The third kappa shape index (κ3) is 7.03. The first-order valence-corrected chi connectivity index (χ1v) is 20.0. The molecule has 15 atom stereocenters. The first-order chi connectivity index (χ1) is 23.3. The fourth-order valence-corrected chi connectivity index (χ4v) is 12.4. The molecule has 2 aliphatic heterocycles. The quantitative estimate of drug-likeness (QED) is 0.177.